The topological polar surface area (TPSA) is 37.6 Å². The quantitative estimate of drug-likeness (QED) is 0.679. The van der Waals surface area contributed by atoms with E-state index >= 15 is 0 Å². The first kappa shape index (κ1) is 9.77. The van der Waals surface area contributed by atoms with Crippen molar-refractivity contribution in [3.05, 3.63) is 36.5 Å². The molecule has 0 spiro atoms. The highest BCUT2D eigenvalue weighted by atomic mass is 15.1. The molecule has 0 aliphatic heterocycles. The van der Waals surface area contributed by atoms with Gasteiger partial charge in [-0.15, -0.1) is 0 Å². The van der Waals surface area contributed by atoms with Crippen LogP contribution in [-0.4, -0.2) is 11.0 Å². The lowest BCUT2D eigenvalue weighted by Crippen LogP contribution is -1.84. The van der Waals surface area contributed by atoms with E-state index in [0.717, 1.165) is 16.6 Å². The molecule has 0 amide bonds. The summed E-state index contributed by atoms with van der Waals surface area (Å²) in [6.07, 6.45) is 1.77. The van der Waals surface area contributed by atoms with Gasteiger partial charge < -0.3 is 0 Å². The highest BCUT2D eigenvalue weighted by Crippen LogP contribution is 2.23. The standard InChI is InChI=1S/C12H13N3/c1-9(2)14-15-11-7-3-5-10-6-4-8-13-12(10)11/h3-9H,1-2H3. The van der Waals surface area contributed by atoms with Crippen molar-refractivity contribution in [1.29, 1.82) is 0 Å². The van der Waals surface area contributed by atoms with Crippen molar-refractivity contribution >= 4 is 16.6 Å². The van der Waals surface area contributed by atoms with Gasteiger partial charge in [0, 0.05) is 11.6 Å². The molecule has 0 unspecified atom stereocenters. The van der Waals surface area contributed by atoms with Crippen LogP contribution in [0.15, 0.2) is 46.8 Å². The van der Waals surface area contributed by atoms with Gasteiger partial charge in [0.1, 0.15) is 5.69 Å². The molecule has 1 aromatic heterocycles. The minimum atomic E-state index is 0.212. The zero-order chi connectivity index (χ0) is 10.7. The van der Waals surface area contributed by atoms with Gasteiger partial charge in [0.05, 0.1) is 11.6 Å². The Kier molecular flexibility index (Phi) is 2.72. The summed E-state index contributed by atoms with van der Waals surface area (Å²) < 4.78 is 0. The molecule has 1 heterocycles. The first-order valence-corrected chi connectivity index (χ1v) is 5.02. The maximum absolute atomic E-state index is 4.31. The monoisotopic (exact) mass is 199 g/mol. The molecular weight excluding hydrogens is 186 g/mol. The minimum Gasteiger partial charge on any atom is -0.254 e. The van der Waals surface area contributed by atoms with E-state index in [1.165, 1.54) is 0 Å². The van der Waals surface area contributed by atoms with Gasteiger partial charge in [-0.25, -0.2) is 0 Å². The number of benzene rings is 1. The smallest absolute Gasteiger partial charge is 0.111 e. The van der Waals surface area contributed by atoms with Gasteiger partial charge in [-0.05, 0) is 26.0 Å². The Morgan fingerprint density at radius 3 is 2.73 bits per heavy atom. The lowest BCUT2D eigenvalue weighted by atomic mass is 10.2. The molecule has 0 radical (unpaired) electrons. The molecule has 1 aromatic carbocycles. The van der Waals surface area contributed by atoms with Crippen LogP contribution in [0, 0.1) is 0 Å². The molecule has 0 saturated heterocycles. The van der Waals surface area contributed by atoms with Gasteiger partial charge in [0.15, 0.2) is 0 Å². The number of azo groups is 1. The summed E-state index contributed by atoms with van der Waals surface area (Å²) in [5.74, 6) is 0. The number of hydrogen-bond acceptors (Lipinski definition) is 3. The number of fused-ring (bicyclic) bond motifs is 1. The van der Waals surface area contributed by atoms with E-state index in [1.54, 1.807) is 6.20 Å². The van der Waals surface area contributed by atoms with Crippen molar-refractivity contribution in [2.45, 2.75) is 19.9 Å². The molecular formula is C12H13N3. The lowest BCUT2D eigenvalue weighted by Gasteiger charge is -1.99. The van der Waals surface area contributed by atoms with Gasteiger partial charge in [0.2, 0.25) is 0 Å². The molecule has 3 heteroatoms. The maximum Gasteiger partial charge on any atom is 0.111 e. The third kappa shape index (κ3) is 2.18. The Balaban J connectivity index is 2.51. The number of pyridine rings is 1. The van der Waals surface area contributed by atoms with Gasteiger partial charge in [-0.1, -0.05) is 18.2 Å². The van der Waals surface area contributed by atoms with E-state index in [0.29, 0.717) is 0 Å². The van der Waals surface area contributed by atoms with Crippen LogP contribution in [0.25, 0.3) is 10.9 Å². The third-order valence-electron chi connectivity index (χ3n) is 2.01. The van der Waals surface area contributed by atoms with E-state index in [9.17, 15) is 0 Å². The summed E-state index contributed by atoms with van der Waals surface area (Å²) in [5, 5.41) is 9.42. The van der Waals surface area contributed by atoms with Gasteiger partial charge in [0.25, 0.3) is 0 Å². The second kappa shape index (κ2) is 4.17. The van der Waals surface area contributed by atoms with E-state index in [1.807, 2.05) is 44.2 Å². The molecule has 0 bridgehead atoms. The predicted molar refractivity (Wildman–Crippen MR) is 61.4 cm³/mol. The molecule has 15 heavy (non-hydrogen) atoms. The van der Waals surface area contributed by atoms with Crippen LogP contribution in [0.3, 0.4) is 0 Å². The van der Waals surface area contributed by atoms with Crippen molar-refractivity contribution in [2.24, 2.45) is 10.2 Å². The van der Waals surface area contributed by atoms with Crippen LogP contribution in [0.1, 0.15) is 13.8 Å². The molecule has 0 aliphatic carbocycles. The van der Waals surface area contributed by atoms with Crippen LogP contribution in [0.5, 0.6) is 0 Å². The van der Waals surface area contributed by atoms with Crippen LogP contribution < -0.4 is 0 Å². The summed E-state index contributed by atoms with van der Waals surface area (Å²) in [4.78, 5) is 4.31. The Labute approximate surface area is 88.9 Å². The Morgan fingerprint density at radius 2 is 1.93 bits per heavy atom. The van der Waals surface area contributed by atoms with Gasteiger partial charge in [-0.3, -0.25) is 4.98 Å². The Bertz CT molecular complexity index is 484. The molecule has 0 N–H and O–H groups in total. The number of rotatable bonds is 2. The van der Waals surface area contributed by atoms with Crippen molar-refractivity contribution in [3.8, 4) is 0 Å². The van der Waals surface area contributed by atoms with Gasteiger partial charge >= 0.3 is 0 Å². The average molecular weight is 199 g/mol. The SMILES string of the molecule is CC(C)N=Nc1cccc2cccnc12. The Hall–Kier alpha value is -1.77. The molecule has 2 rings (SSSR count). The van der Waals surface area contributed by atoms with Gasteiger partial charge in [-0.2, -0.15) is 10.2 Å². The van der Waals surface area contributed by atoms with Crippen LogP contribution in [0.2, 0.25) is 0 Å². The zero-order valence-electron chi connectivity index (χ0n) is 8.88. The second-order valence-electron chi connectivity index (χ2n) is 3.66. The van der Waals surface area contributed by atoms with Crippen molar-refractivity contribution in [3.63, 3.8) is 0 Å². The normalized spacial score (nSPS) is 11.7. The van der Waals surface area contributed by atoms with Crippen LogP contribution >= 0.6 is 0 Å². The van der Waals surface area contributed by atoms with Crippen molar-refractivity contribution in [2.75, 3.05) is 0 Å². The summed E-state index contributed by atoms with van der Waals surface area (Å²) in [5.41, 5.74) is 1.74. The maximum atomic E-state index is 4.31. The fourth-order valence-corrected chi connectivity index (χ4v) is 1.35. The summed E-state index contributed by atoms with van der Waals surface area (Å²) in [6.45, 7) is 4.00. The molecule has 0 aliphatic rings. The third-order valence-corrected chi connectivity index (χ3v) is 2.01. The van der Waals surface area contributed by atoms with E-state index in [2.05, 4.69) is 15.2 Å². The molecule has 2 aromatic rings. The molecule has 3 nitrogen and oxygen atoms in total. The number of aromatic nitrogens is 1. The van der Waals surface area contributed by atoms with Crippen LogP contribution in [0.4, 0.5) is 5.69 Å². The van der Waals surface area contributed by atoms with Crippen molar-refractivity contribution < 1.29 is 0 Å². The second-order valence-corrected chi connectivity index (χ2v) is 3.66. The lowest BCUT2D eigenvalue weighted by molar-refractivity contribution is 0.779. The first-order chi connectivity index (χ1) is 7.27. The molecule has 0 atom stereocenters. The zero-order valence-corrected chi connectivity index (χ0v) is 8.88. The highest BCUT2D eigenvalue weighted by Gasteiger charge is 1.99. The summed E-state index contributed by atoms with van der Waals surface area (Å²) >= 11 is 0. The fourth-order valence-electron chi connectivity index (χ4n) is 1.35. The summed E-state index contributed by atoms with van der Waals surface area (Å²) in [7, 11) is 0. The Morgan fingerprint density at radius 1 is 1.13 bits per heavy atom. The number of hydrogen-bond donors (Lipinski definition) is 0. The first-order valence-electron chi connectivity index (χ1n) is 5.02. The molecule has 0 fully saturated rings. The van der Waals surface area contributed by atoms with Crippen LogP contribution in [-0.2, 0) is 0 Å². The highest BCUT2D eigenvalue weighted by molar-refractivity contribution is 5.88. The van der Waals surface area contributed by atoms with E-state index < -0.39 is 0 Å². The largest absolute Gasteiger partial charge is 0.254 e. The van der Waals surface area contributed by atoms with E-state index in [-0.39, 0.29) is 6.04 Å². The van der Waals surface area contributed by atoms with E-state index in [4.69, 9.17) is 0 Å². The summed E-state index contributed by atoms with van der Waals surface area (Å²) in [6, 6.07) is 10.1. The molecule has 0 saturated carbocycles. The number of para-hydroxylation sites is 1. The average Bonchev–Trinajstić information content (AvgIpc) is 2.26. The minimum absolute atomic E-state index is 0.212. The molecule has 76 valence electrons. The predicted octanol–water partition coefficient (Wildman–Crippen LogP) is 3.73. The van der Waals surface area contributed by atoms with Crippen molar-refractivity contribution in [1.82, 2.24) is 4.98 Å². The number of nitrogens with zero attached hydrogens (tertiary/aromatic N) is 3. The fraction of sp³-hybridized carbons (Fsp3) is 0.250.